The highest BCUT2D eigenvalue weighted by atomic mass is 79.9. The number of nitrogens with one attached hydrogen (secondary N) is 1. The number of carbonyl (C=O) groups excluding carboxylic acids is 1. The molecule has 0 atom stereocenters. The third-order valence-electron chi connectivity index (χ3n) is 4.84. The lowest BCUT2D eigenvalue weighted by Crippen LogP contribution is -2.10. The lowest BCUT2D eigenvalue weighted by molar-refractivity contribution is 0.0997. The highest BCUT2D eigenvalue weighted by Gasteiger charge is 2.17. The maximum absolute atomic E-state index is 13.6. The largest absolute Gasteiger partial charge is 0.451 e. The van der Waals surface area contributed by atoms with Crippen molar-refractivity contribution >= 4 is 50.2 Å². The van der Waals surface area contributed by atoms with Crippen LogP contribution in [-0.2, 0) is 0 Å². The fourth-order valence-corrected chi connectivity index (χ4v) is 3.72. The van der Waals surface area contributed by atoms with Gasteiger partial charge in [-0.05, 0) is 54.6 Å². The molecule has 5 rings (SSSR count). The molecule has 0 bridgehead atoms. The van der Waals surface area contributed by atoms with Crippen molar-refractivity contribution in [1.82, 2.24) is 4.98 Å². The van der Waals surface area contributed by atoms with Gasteiger partial charge in [0.15, 0.2) is 23.0 Å². The molecule has 0 spiro atoms. The Labute approximate surface area is 199 Å². The monoisotopic (exact) mass is 528 g/mol. The van der Waals surface area contributed by atoms with Crippen LogP contribution in [0.3, 0.4) is 0 Å². The van der Waals surface area contributed by atoms with Gasteiger partial charge in [-0.2, -0.15) is 0 Å². The normalized spacial score (nSPS) is 11.2. The molecule has 164 valence electrons. The lowest BCUT2D eigenvalue weighted by Gasteiger charge is -2.03. The number of anilines is 1. The Morgan fingerprint density at radius 3 is 2.48 bits per heavy atom. The number of fused-ring (bicyclic) bond motifs is 1. The van der Waals surface area contributed by atoms with E-state index in [9.17, 15) is 13.6 Å². The zero-order valence-electron chi connectivity index (χ0n) is 16.5. The average Bonchev–Trinajstić information content (AvgIpc) is 3.44. The van der Waals surface area contributed by atoms with E-state index in [-0.39, 0.29) is 22.2 Å². The van der Waals surface area contributed by atoms with Crippen LogP contribution >= 0.6 is 27.5 Å². The summed E-state index contributed by atoms with van der Waals surface area (Å²) in [5, 5.41) is 2.71. The van der Waals surface area contributed by atoms with Gasteiger partial charge >= 0.3 is 0 Å². The Kier molecular flexibility index (Phi) is 5.47. The zero-order valence-corrected chi connectivity index (χ0v) is 18.9. The van der Waals surface area contributed by atoms with Crippen LogP contribution < -0.4 is 5.32 Å². The summed E-state index contributed by atoms with van der Waals surface area (Å²) in [7, 11) is 0. The molecule has 0 saturated heterocycles. The van der Waals surface area contributed by atoms with Crippen molar-refractivity contribution < 1.29 is 22.4 Å². The Morgan fingerprint density at radius 2 is 1.70 bits per heavy atom. The second-order valence-electron chi connectivity index (χ2n) is 7.07. The summed E-state index contributed by atoms with van der Waals surface area (Å²) in [6, 6.07) is 17.4. The topological polar surface area (TPSA) is 68.3 Å². The van der Waals surface area contributed by atoms with Gasteiger partial charge in [0.25, 0.3) is 5.91 Å². The molecule has 1 amide bonds. The van der Waals surface area contributed by atoms with Crippen LogP contribution in [0.5, 0.6) is 0 Å². The third kappa shape index (κ3) is 4.27. The minimum atomic E-state index is -1.06. The first-order valence-electron chi connectivity index (χ1n) is 9.60. The highest BCUT2D eigenvalue weighted by Crippen LogP contribution is 2.32. The number of hydrogen-bond acceptors (Lipinski definition) is 4. The van der Waals surface area contributed by atoms with Crippen LogP contribution in [0.4, 0.5) is 14.5 Å². The van der Waals surface area contributed by atoms with E-state index in [0.29, 0.717) is 22.5 Å². The summed E-state index contributed by atoms with van der Waals surface area (Å²) >= 11 is 9.39. The Morgan fingerprint density at radius 1 is 0.939 bits per heavy atom. The number of hydrogen-bond donors (Lipinski definition) is 1. The summed E-state index contributed by atoms with van der Waals surface area (Å²) in [5.74, 6) is -1.83. The van der Waals surface area contributed by atoms with Crippen molar-refractivity contribution in [3.8, 4) is 22.8 Å². The van der Waals surface area contributed by atoms with Gasteiger partial charge in [0.1, 0.15) is 11.3 Å². The first-order valence-corrected chi connectivity index (χ1v) is 10.8. The first-order chi connectivity index (χ1) is 15.9. The molecule has 0 saturated carbocycles. The number of amides is 1. The maximum atomic E-state index is 13.6. The fraction of sp³-hybridized carbons (Fsp3) is 0. The molecule has 33 heavy (non-hydrogen) atoms. The Hall–Kier alpha value is -3.49. The van der Waals surface area contributed by atoms with Gasteiger partial charge < -0.3 is 14.2 Å². The SMILES string of the molecule is O=C(Nc1ccc2oc(-c3cc(F)c(F)cc3Cl)nc2c1)c1ccc(-c2ccc(Br)cc2)o1. The van der Waals surface area contributed by atoms with Gasteiger partial charge in [-0.25, -0.2) is 13.8 Å². The molecule has 2 aromatic heterocycles. The molecule has 5 nitrogen and oxygen atoms in total. The number of nitrogens with zero attached hydrogens (tertiary/aromatic N) is 1. The number of oxazole rings is 1. The Balaban J connectivity index is 1.38. The van der Waals surface area contributed by atoms with Gasteiger partial charge in [0.05, 0.1) is 10.6 Å². The van der Waals surface area contributed by atoms with Gasteiger partial charge in [-0.1, -0.05) is 39.7 Å². The average molecular weight is 530 g/mol. The highest BCUT2D eigenvalue weighted by molar-refractivity contribution is 9.10. The van der Waals surface area contributed by atoms with Gasteiger partial charge in [-0.15, -0.1) is 0 Å². The van der Waals surface area contributed by atoms with Gasteiger partial charge in [0.2, 0.25) is 5.89 Å². The standard InChI is InChI=1S/C24H12BrClF2N2O3/c25-13-3-1-12(2-4-13)20-7-8-22(32-20)23(31)29-14-5-6-21-19(9-14)30-24(33-21)15-10-17(27)18(28)11-16(15)26/h1-11H,(H,29,31). The second-order valence-corrected chi connectivity index (χ2v) is 8.40. The fourth-order valence-electron chi connectivity index (χ4n) is 3.23. The molecule has 0 aliphatic heterocycles. The zero-order chi connectivity index (χ0) is 23.1. The van der Waals surface area contributed by atoms with E-state index >= 15 is 0 Å². The van der Waals surface area contributed by atoms with E-state index in [1.165, 1.54) is 0 Å². The van der Waals surface area contributed by atoms with Crippen LogP contribution in [0, 0.1) is 11.6 Å². The predicted molar refractivity (Wildman–Crippen MR) is 124 cm³/mol. The van der Waals surface area contributed by atoms with Crippen LogP contribution in [-0.4, -0.2) is 10.9 Å². The van der Waals surface area contributed by atoms with E-state index in [1.54, 1.807) is 30.3 Å². The van der Waals surface area contributed by atoms with Crippen molar-refractivity contribution in [1.29, 1.82) is 0 Å². The molecule has 0 unspecified atom stereocenters. The molecule has 9 heteroatoms. The summed E-state index contributed by atoms with van der Waals surface area (Å²) < 4.78 is 39.2. The smallest absolute Gasteiger partial charge is 0.291 e. The molecular weight excluding hydrogens is 518 g/mol. The summed E-state index contributed by atoms with van der Waals surface area (Å²) in [6.45, 7) is 0. The van der Waals surface area contributed by atoms with Crippen molar-refractivity contribution in [3.63, 3.8) is 0 Å². The van der Waals surface area contributed by atoms with Crippen LogP contribution in [0.15, 0.2) is 80.0 Å². The number of benzene rings is 3. The van der Waals surface area contributed by atoms with Crippen molar-refractivity contribution in [3.05, 3.63) is 93.6 Å². The number of carbonyl (C=O) groups is 1. The Bertz CT molecular complexity index is 1510. The van der Waals surface area contributed by atoms with Crippen molar-refractivity contribution in [2.45, 2.75) is 0 Å². The summed E-state index contributed by atoms with van der Waals surface area (Å²) in [6.07, 6.45) is 0. The van der Waals surface area contributed by atoms with E-state index in [1.807, 2.05) is 24.3 Å². The maximum Gasteiger partial charge on any atom is 0.291 e. The van der Waals surface area contributed by atoms with Crippen molar-refractivity contribution in [2.75, 3.05) is 5.32 Å². The quantitative estimate of drug-likeness (QED) is 0.242. The second kappa shape index (κ2) is 8.46. The van der Waals surface area contributed by atoms with Crippen molar-refractivity contribution in [2.24, 2.45) is 0 Å². The number of rotatable bonds is 4. The van der Waals surface area contributed by atoms with E-state index < -0.39 is 17.5 Å². The number of halogens is 4. The van der Waals surface area contributed by atoms with Gasteiger partial charge in [-0.3, -0.25) is 4.79 Å². The molecular formula is C24H12BrClF2N2O3. The molecule has 0 radical (unpaired) electrons. The predicted octanol–water partition coefficient (Wildman–Crippen LogP) is 7.70. The van der Waals surface area contributed by atoms with E-state index in [4.69, 9.17) is 20.4 Å². The minimum absolute atomic E-state index is 0.0301. The first kappa shape index (κ1) is 21.4. The molecule has 2 heterocycles. The molecule has 5 aromatic rings. The van der Waals surface area contributed by atoms with Gasteiger partial charge in [0, 0.05) is 15.7 Å². The number of furan rings is 1. The molecule has 3 aromatic carbocycles. The van der Waals surface area contributed by atoms with Crippen LogP contribution in [0.1, 0.15) is 10.6 Å². The molecule has 1 N–H and O–H groups in total. The molecule has 0 aliphatic carbocycles. The molecule has 0 fully saturated rings. The third-order valence-corrected chi connectivity index (χ3v) is 5.69. The van der Waals surface area contributed by atoms with Crippen LogP contribution in [0.2, 0.25) is 5.02 Å². The summed E-state index contributed by atoms with van der Waals surface area (Å²) in [5.41, 5.74) is 2.20. The lowest BCUT2D eigenvalue weighted by atomic mass is 10.2. The molecule has 0 aliphatic rings. The number of aromatic nitrogens is 1. The van der Waals surface area contributed by atoms with Crippen LogP contribution in [0.25, 0.3) is 33.9 Å². The van der Waals surface area contributed by atoms with E-state index in [2.05, 4.69) is 26.2 Å². The summed E-state index contributed by atoms with van der Waals surface area (Å²) in [4.78, 5) is 16.9. The van der Waals surface area contributed by atoms with E-state index in [0.717, 1.165) is 22.2 Å². The minimum Gasteiger partial charge on any atom is -0.451 e.